The molecule has 0 bridgehead atoms. The molecule has 0 saturated carbocycles. The van der Waals surface area contributed by atoms with E-state index in [1.807, 2.05) is 11.9 Å². The van der Waals surface area contributed by atoms with E-state index in [0.29, 0.717) is 53.2 Å². The number of carbonyl (C=O) groups is 1. The summed E-state index contributed by atoms with van der Waals surface area (Å²) in [5.74, 6) is 0.511. The lowest BCUT2D eigenvalue weighted by Crippen LogP contribution is -2.37. The smallest absolute Gasteiger partial charge is 0.255 e. The standard InChI is InChI=1S/C21H21ClN6O3/c1-27-7-8-28-19(29)10-16(15-5-6-23-12-24-15)25-20(28)17(11-27)26-21(30)14-9-13(22)3-4-18(14)31-2/h3-6,9-10,12,17H,7-8,11H2,1-2H3,(H,26,30). The summed E-state index contributed by atoms with van der Waals surface area (Å²) >= 11 is 6.09. The molecule has 0 radical (unpaired) electrons. The van der Waals surface area contributed by atoms with Gasteiger partial charge >= 0.3 is 0 Å². The van der Waals surface area contributed by atoms with E-state index in [-0.39, 0.29) is 11.5 Å². The van der Waals surface area contributed by atoms with E-state index in [1.54, 1.807) is 35.0 Å². The van der Waals surface area contributed by atoms with Crippen molar-refractivity contribution < 1.29 is 9.53 Å². The molecule has 160 valence electrons. The van der Waals surface area contributed by atoms with E-state index in [4.69, 9.17) is 21.3 Å². The Bertz CT molecular complexity index is 1170. The number of halogens is 1. The lowest BCUT2D eigenvalue weighted by molar-refractivity contribution is 0.0924. The van der Waals surface area contributed by atoms with Crippen molar-refractivity contribution in [2.24, 2.45) is 0 Å². The first-order valence-corrected chi connectivity index (χ1v) is 10.0. The van der Waals surface area contributed by atoms with Crippen LogP contribution in [0.25, 0.3) is 11.4 Å². The normalized spacial score (nSPS) is 16.3. The fraction of sp³-hybridized carbons (Fsp3) is 0.286. The van der Waals surface area contributed by atoms with Crippen molar-refractivity contribution >= 4 is 17.5 Å². The Morgan fingerprint density at radius 1 is 1.23 bits per heavy atom. The average molecular weight is 441 g/mol. The fourth-order valence-corrected chi connectivity index (χ4v) is 3.72. The van der Waals surface area contributed by atoms with Crippen LogP contribution in [0.4, 0.5) is 0 Å². The van der Waals surface area contributed by atoms with Gasteiger partial charge in [-0.2, -0.15) is 0 Å². The van der Waals surface area contributed by atoms with Crippen molar-refractivity contribution in [3.63, 3.8) is 0 Å². The molecule has 0 aliphatic carbocycles. The zero-order valence-electron chi connectivity index (χ0n) is 17.1. The fourth-order valence-electron chi connectivity index (χ4n) is 3.55. The molecular formula is C21H21ClN6O3. The number of hydrogen-bond donors (Lipinski definition) is 1. The monoisotopic (exact) mass is 440 g/mol. The molecule has 9 nitrogen and oxygen atoms in total. The zero-order valence-corrected chi connectivity index (χ0v) is 17.8. The van der Waals surface area contributed by atoms with Crippen LogP contribution in [-0.2, 0) is 6.54 Å². The second-order valence-corrected chi connectivity index (χ2v) is 7.65. The number of hydrogen-bond acceptors (Lipinski definition) is 7. The van der Waals surface area contributed by atoms with Crippen molar-refractivity contribution in [2.75, 3.05) is 27.2 Å². The van der Waals surface area contributed by atoms with Crippen molar-refractivity contribution in [2.45, 2.75) is 12.6 Å². The molecule has 4 rings (SSSR count). The lowest BCUT2D eigenvalue weighted by atomic mass is 10.1. The van der Waals surface area contributed by atoms with Crippen molar-refractivity contribution in [3.8, 4) is 17.1 Å². The molecule has 1 unspecified atom stereocenters. The number of ether oxygens (including phenoxy) is 1. The van der Waals surface area contributed by atoms with Gasteiger partial charge in [-0.1, -0.05) is 11.6 Å². The number of aromatic nitrogens is 4. The molecule has 10 heteroatoms. The molecule has 1 aromatic carbocycles. The minimum atomic E-state index is -0.529. The number of nitrogens with one attached hydrogen (secondary N) is 1. The third kappa shape index (κ3) is 4.42. The van der Waals surface area contributed by atoms with Gasteiger partial charge in [0.25, 0.3) is 11.5 Å². The van der Waals surface area contributed by atoms with E-state index in [2.05, 4.69) is 15.3 Å². The third-order valence-corrected chi connectivity index (χ3v) is 5.34. The first kappa shape index (κ1) is 21.0. The van der Waals surface area contributed by atoms with E-state index >= 15 is 0 Å². The van der Waals surface area contributed by atoms with Gasteiger partial charge in [0.2, 0.25) is 0 Å². The first-order chi connectivity index (χ1) is 15.0. The lowest BCUT2D eigenvalue weighted by Gasteiger charge is -2.22. The number of likely N-dealkylation sites (N-methyl/N-ethyl adjacent to an activating group) is 1. The topological polar surface area (TPSA) is 102 Å². The maximum absolute atomic E-state index is 13.1. The molecular weight excluding hydrogens is 420 g/mol. The predicted molar refractivity (Wildman–Crippen MR) is 115 cm³/mol. The summed E-state index contributed by atoms with van der Waals surface area (Å²) in [6.07, 6.45) is 2.99. The highest BCUT2D eigenvalue weighted by atomic mass is 35.5. The van der Waals surface area contributed by atoms with Crippen LogP contribution in [0.1, 0.15) is 22.2 Å². The van der Waals surface area contributed by atoms with Crippen LogP contribution >= 0.6 is 11.6 Å². The number of amides is 1. The molecule has 1 aliphatic rings. The van der Waals surface area contributed by atoms with Crippen LogP contribution < -0.4 is 15.6 Å². The molecule has 3 heterocycles. The van der Waals surface area contributed by atoms with E-state index in [0.717, 1.165) is 0 Å². The van der Waals surface area contributed by atoms with Crippen molar-refractivity contribution in [3.05, 3.63) is 69.6 Å². The van der Waals surface area contributed by atoms with Gasteiger partial charge < -0.3 is 15.0 Å². The average Bonchev–Trinajstić information content (AvgIpc) is 2.93. The molecule has 31 heavy (non-hydrogen) atoms. The molecule has 0 spiro atoms. The van der Waals surface area contributed by atoms with Crippen LogP contribution in [-0.4, -0.2) is 57.6 Å². The highest BCUT2D eigenvalue weighted by Gasteiger charge is 2.27. The van der Waals surface area contributed by atoms with Crippen molar-refractivity contribution in [1.29, 1.82) is 0 Å². The molecule has 2 aromatic heterocycles. The van der Waals surface area contributed by atoms with Gasteiger partial charge in [-0.05, 0) is 31.3 Å². The van der Waals surface area contributed by atoms with Crippen LogP contribution in [0, 0.1) is 0 Å². The quantitative estimate of drug-likeness (QED) is 0.659. The molecule has 0 fully saturated rings. The third-order valence-electron chi connectivity index (χ3n) is 5.10. The molecule has 1 amide bonds. The Morgan fingerprint density at radius 2 is 2.06 bits per heavy atom. The van der Waals surface area contributed by atoms with Crippen LogP contribution in [0.3, 0.4) is 0 Å². The number of benzene rings is 1. The summed E-state index contributed by atoms with van der Waals surface area (Å²) in [5, 5.41) is 3.42. The molecule has 1 atom stereocenters. The minimum absolute atomic E-state index is 0.200. The Kier molecular flexibility index (Phi) is 5.97. The maximum atomic E-state index is 13.1. The van der Waals surface area contributed by atoms with Gasteiger partial charge in [0.1, 0.15) is 23.9 Å². The highest BCUT2D eigenvalue weighted by Crippen LogP contribution is 2.24. The predicted octanol–water partition coefficient (Wildman–Crippen LogP) is 1.78. The second kappa shape index (κ2) is 8.83. The number of carbonyl (C=O) groups excluding carboxylic acids is 1. The van der Waals surface area contributed by atoms with E-state index < -0.39 is 6.04 Å². The zero-order chi connectivity index (χ0) is 22.0. The summed E-state index contributed by atoms with van der Waals surface area (Å²) < 4.78 is 6.90. The van der Waals surface area contributed by atoms with Crippen LogP contribution in [0.5, 0.6) is 5.75 Å². The SMILES string of the molecule is COc1ccc(Cl)cc1C(=O)NC1CN(C)CCn2c1nc(-c1ccncn1)cc2=O. The summed E-state index contributed by atoms with van der Waals surface area (Å²) in [6, 6.07) is 7.45. The van der Waals surface area contributed by atoms with Gasteiger partial charge in [-0.25, -0.2) is 15.0 Å². The summed E-state index contributed by atoms with van der Waals surface area (Å²) in [7, 11) is 3.42. The summed E-state index contributed by atoms with van der Waals surface area (Å²) in [4.78, 5) is 40.8. The van der Waals surface area contributed by atoms with Gasteiger partial charge in [0.15, 0.2) is 0 Å². The Morgan fingerprint density at radius 3 is 2.81 bits per heavy atom. The highest BCUT2D eigenvalue weighted by molar-refractivity contribution is 6.31. The van der Waals surface area contributed by atoms with Gasteiger partial charge in [-0.15, -0.1) is 0 Å². The maximum Gasteiger partial charge on any atom is 0.255 e. The number of methoxy groups -OCH3 is 1. The minimum Gasteiger partial charge on any atom is -0.496 e. The van der Waals surface area contributed by atoms with Gasteiger partial charge in [0.05, 0.1) is 24.1 Å². The largest absolute Gasteiger partial charge is 0.496 e. The van der Waals surface area contributed by atoms with Gasteiger partial charge in [0, 0.05) is 36.9 Å². The Hall–Kier alpha value is -3.30. The van der Waals surface area contributed by atoms with Gasteiger partial charge in [-0.3, -0.25) is 14.2 Å². The number of fused-ring (bicyclic) bond motifs is 1. The molecule has 0 saturated heterocycles. The van der Waals surface area contributed by atoms with Crippen LogP contribution in [0.15, 0.2) is 47.7 Å². The number of rotatable bonds is 4. The molecule has 1 N–H and O–H groups in total. The summed E-state index contributed by atoms with van der Waals surface area (Å²) in [6.45, 7) is 1.59. The summed E-state index contributed by atoms with van der Waals surface area (Å²) in [5.41, 5.74) is 1.08. The van der Waals surface area contributed by atoms with Crippen LogP contribution in [0.2, 0.25) is 5.02 Å². The second-order valence-electron chi connectivity index (χ2n) is 7.22. The Balaban J connectivity index is 1.75. The molecule has 1 aliphatic heterocycles. The first-order valence-electron chi connectivity index (χ1n) is 9.67. The van der Waals surface area contributed by atoms with E-state index in [9.17, 15) is 9.59 Å². The Labute approximate surface area is 183 Å². The number of nitrogens with zero attached hydrogens (tertiary/aromatic N) is 5. The van der Waals surface area contributed by atoms with Crippen molar-refractivity contribution in [1.82, 2.24) is 29.7 Å². The molecule has 3 aromatic rings. The van der Waals surface area contributed by atoms with E-state index in [1.165, 1.54) is 19.5 Å².